The summed E-state index contributed by atoms with van der Waals surface area (Å²) in [5.74, 6) is -0.212. The van der Waals surface area contributed by atoms with Crippen molar-refractivity contribution in [1.29, 1.82) is 0 Å². The fourth-order valence-corrected chi connectivity index (χ4v) is 3.07. The van der Waals surface area contributed by atoms with E-state index in [0.29, 0.717) is 11.1 Å². The Morgan fingerprint density at radius 3 is 2.85 bits per heavy atom. The Bertz CT molecular complexity index is 470. The standard InChI is InChI=1S/C17H23ClFN/c1-2-20-16(10-13-6-4-3-5-7-13)12-14-11-15(19)8-9-17(14)18/h6,8-9,11,16,20H,2-5,7,10,12H2,1H3. The Morgan fingerprint density at radius 2 is 2.15 bits per heavy atom. The molecule has 1 aliphatic carbocycles. The highest BCUT2D eigenvalue weighted by Gasteiger charge is 2.14. The van der Waals surface area contributed by atoms with E-state index in [4.69, 9.17) is 11.6 Å². The Balaban J connectivity index is 2.04. The van der Waals surface area contributed by atoms with Gasteiger partial charge in [-0.1, -0.05) is 30.2 Å². The highest BCUT2D eigenvalue weighted by molar-refractivity contribution is 6.31. The summed E-state index contributed by atoms with van der Waals surface area (Å²) in [6.07, 6.45) is 9.22. The molecule has 1 atom stereocenters. The van der Waals surface area contributed by atoms with E-state index in [0.717, 1.165) is 24.9 Å². The molecule has 1 unspecified atom stereocenters. The molecule has 0 heterocycles. The van der Waals surface area contributed by atoms with Crippen LogP contribution in [0, 0.1) is 5.82 Å². The maximum atomic E-state index is 13.4. The van der Waals surface area contributed by atoms with Crippen LogP contribution in [-0.2, 0) is 6.42 Å². The molecule has 0 bridgehead atoms. The van der Waals surface area contributed by atoms with Crippen LogP contribution in [0.2, 0.25) is 5.02 Å². The molecule has 1 aromatic carbocycles. The third-order valence-electron chi connectivity index (χ3n) is 3.86. The number of halogens is 2. The molecule has 110 valence electrons. The second kappa shape index (κ2) is 7.80. The van der Waals surface area contributed by atoms with E-state index in [2.05, 4.69) is 18.3 Å². The third kappa shape index (κ3) is 4.60. The summed E-state index contributed by atoms with van der Waals surface area (Å²) in [6.45, 7) is 3.03. The normalized spacial score (nSPS) is 16.9. The summed E-state index contributed by atoms with van der Waals surface area (Å²) in [6, 6.07) is 4.96. The molecule has 0 amide bonds. The van der Waals surface area contributed by atoms with E-state index in [1.165, 1.54) is 37.3 Å². The number of nitrogens with one attached hydrogen (secondary N) is 1. The van der Waals surface area contributed by atoms with Crippen LogP contribution in [0.4, 0.5) is 4.39 Å². The Hall–Kier alpha value is -0.860. The summed E-state index contributed by atoms with van der Waals surface area (Å²) >= 11 is 6.17. The van der Waals surface area contributed by atoms with Gasteiger partial charge in [0.25, 0.3) is 0 Å². The number of hydrogen-bond acceptors (Lipinski definition) is 1. The van der Waals surface area contributed by atoms with Gasteiger partial charge in [0.2, 0.25) is 0 Å². The van der Waals surface area contributed by atoms with Crippen molar-refractivity contribution >= 4 is 11.6 Å². The molecular formula is C17H23ClFN. The van der Waals surface area contributed by atoms with Crippen LogP contribution in [0.1, 0.15) is 44.6 Å². The van der Waals surface area contributed by atoms with E-state index in [9.17, 15) is 4.39 Å². The smallest absolute Gasteiger partial charge is 0.123 e. The van der Waals surface area contributed by atoms with Gasteiger partial charge in [0.15, 0.2) is 0 Å². The van der Waals surface area contributed by atoms with Gasteiger partial charge in [-0.15, -0.1) is 0 Å². The highest BCUT2D eigenvalue weighted by atomic mass is 35.5. The largest absolute Gasteiger partial charge is 0.314 e. The molecule has 1 aromatic rings. The molecule has 1 N–H and O–H groups in total. The molecule has 0 radical (unpaired) electrons. The second-order valence-electron chi connectivity index (χ2n) is 5.51. The van der Waals surface area contributed by atoms with E-state index in [1.807, 2.05) is 0 Å². The SMILES string of the molecule is CCNC(CC1=CCCCC1)Cc1cc(F)ccc1Cl. The first-order chi connectivity index (χ1) is 9.69. The quantitative estimate of drug-likeness (QED) is 0.737. The lowest BCUT2D eigenvalue weighted by Gasteiger charge is -2.22. The topological polar surface area (TPSA) is 12.0 Å². The second-order valence-corrected chi connectivity index (χ2v) is 5.91. The van der Waals surface area contributed by atoms with E-state index < -0.39 is 0 Å². The molecule has 0 aliphatic heterocycles. The van der Waals surface area contributed by atoms with Gasteiger partial charge in [0.05, 0.1) is 0 Å². The lowest BCUT2D eigenvalue weighted by molar-refractivity contribution is 0.503. The minimum atomic E-state index is -0.212. The van der Waals surface area contributed by atoms with Gasteiger partial charge in [-0.25, -0.2) is 4.39 Å². The maximum absolute atomic E-state index is 13.4. The number of allylic oxidation sites excluding steroid dienone is 1. The highest BCUT2D eigenvalue weighted by Crippen LogP contribution is 2.24. The molecule has 0 saturated heterocycles. The molecule has 0 fully saturated rings. The van der Waals surface area contributed by atoms with Gasteiger partial charge in [-0.2, -0.15) is 0 Å². The van der Waals surface area contributed by atoms with Crippen LogP contribution in [0.15, 0.2) is 29.8 Å². The van der Waals surface area contributed by atoms with Crippen molar-refractivity contribution in [1.82, 2.24) is 5.32 Å². The van der Waals surface area contributed by atoms with Crippen LogP contribution < -0.4 is 5.32 Å². The van der Waals surface area contributed by atoms with Gasteiger partial charge >= 0.3 is 0 Å². The van der Waals surface area contributed by atoms with Crippen LogP contribution >= 0.6 is 11.6 Å². The number of rotatable bonds is 6. The molecule has 0 saturated carbocycles. The maximum Gasteiger partial charge on any atom is 0.123 e. The average molecular weight is 296 g/mol. The van der Waals surface area contributed by atoms with Gasteiger partial charge in [0, 0.05) is 11.1 Å². The number of hydrogen-bond donors (Lipinski definition) is 1. The predicted molar refractivity (Wildman–Crippen MR) is 83.7 cm³/mol. The van der Waals surface area contributed by atoms with Crippen LogP contribution in [-0.4, -0.2) is 12.6 Å². The lowest BCUT2D eigenvalue weighted by atomic mass is 9.92. The molecule has 1 nitrogen and oxygen atoms in total. The first-order valence-electron chi connectivity index (χ1n) is 7.54. The predicted octanol–water partition coefficient (Wildman–Crippen LogP) is 4.89. The summed E-state index contributed by atoms with van der Waals surface area (Å²) in [5.41, 5.74) is 2.43. The zero-order chi connectivity index (χ0) is 14.4. The van der Waals surface area contributed by atoms with Crippen molar-refractivity contribution in [2.75, 3.05) is 6.54 Å². The van der Waals surface area contributed by atoms with E-state index in [1.54, 1.807) is 12.1 Å². The monoisotopic (exact) mass is 295 g/mol. The number of benzene rings is 1. The van der Waals surface area contributed by atoms with Gasteiger partial charge < -0.3 is 5.32 Å². The fraction of sp³-hybridized carbons (Fsp3) is 0.529. The Kier molecular flexibility index (Phi) is 6.06. The third-order valence-corrected chi connectivity index (χ3v) is 4.23. The van der Waals surface area contributed by atoms with Crippen LogP contribution in [0.3, 0.4) is 0 Å². The summed E-state index contributed by atoms with van der Waals surface area (Å²) in [7, 11) is 0. The Labute approximate surface area is 126 Å². The zero-order valence-corrected chi connectivity index (χ0v) is 12.8. The Morgan fingerprint density at radius 1 is 1.30 bits per heavy atom. The van der Waals surface area contributed by atoms with Crippen molar-refractivity contribution in [2.24, 2.45) is 0 Å². The van der Waals surface area contributed by atoms with Crippen LogP contribution in [0.5, 0.6) is 0 Å². The summed E-state index contributed by atoms with van der Waals surface area (Å²) in [5, 5.41) is 4.16. The molecule has 20 heavy (non-hydrogen) atoms. The van der Waals surface area contributed by atoms with Crippen molar-refractivity contribution in [3.05, 3.63) is 46.3 Å². The lowest BCUT2D eigenvalue weighted by Crippen LogP contribution is -2.31. The minimum absolute atomic E-state index is 0.212. The first-order valence-corrected chi connectivity index (χ1v) is 7.92. The summed E-state index contributed by atoms with van der Waals surface area (Å²) < 4.78 is 13.4. The molecule has 2 rings (SSSR count). The molecular weight excluding hydrogens is 273 g/mol. The van der Waals surface area contributed by atoms with E-state index in [-0.39, 0.29) is 5.82 Å². The first kappa shape index (κ1) is 15.5. The van der Waals surface area contributed by atoms with Crippen molar-refractivity contribution < 1.29 is 4.39 Å². The van der Waals surface area contributed by atoms with E-state index >= 15 is 0 Å². The van der Waals surface area contributed by atoms with Gasteiger partial charge in [-0.05, 0) is 68.8 Å². The van der Waals surface area contributed by atoms with Gasteiger partial charge in [-0.3, -0.25) is 0 Å². The van der Waals surface area contributed by atoms with Crippen molar-refractivity contribution in [3.63, 3.8) is 0 Å². The van der Waals surface area contributed by atoms with Gasteiger partial charge in [0.1, 0.15) is 5.82 Å². The number of likely N-dealkylation sites (N-methyl/N-ethyl adjacent to an activating group) is 1. The minimum Gasteiger partial charge on any atom is -0.314 e. The molecule has 1 aliphatic rings. The van der Waals surface area contributed by atoms with Crippen molar-refractivity contribution in [3.8, 4) is 0 Å². The summed E-state index contributed by atoms with van der Waals surface area (Å²) in [4.78, 5) is 0. The molecule has 0 spiro atoms. The average Bonchev–Trinajstić information content (AvgIpc) is 2.44. The fourth-order valence-electron chi connectivity index (χ4n) is 2.88. The molecule has 3 heteroatoms. The van der Waals surface area contributed by atoms with Crippen molar-refractivity contribution in [2.45, 2.75) is 51.5 Å². The zero-order valence-electron chi connectivity index (χ0n) is 12.1. The van der Waals surface area contributed by atoms with Crippen LogP contribution in [0.25, 0.3) is 0 Å². The molecule has 0 aromatic heterocycles.